The summed E-state index contributed by atoms with van der Waals surface area (Å²) in [6.07, 6.45) is 13.0. The summed E-state index contributed by atoms with van der Waals surface area (Å²) < 4.78 is 15.3. The van der Waals surface area contributed by atoms with Gasteiger partial charge in [0.1, 0.15) is 19.8 Å². The second-order valence-corrected chi connectivity index (χ2v) is 5.84. The number of esters is 3. The van der Waals surface area contributed by atoms with E-state index in [-0.39, 0.29) is 36.5 Å². The van der Waals surface area contributed by atoms with Gasteiger partial charge in [0, 0.05) is 0 Å². The molecule has 6 heteroatoms. The molecule has 0 spiro atoms. The molecule has 0 atom stereocenters. The average Bonchev–Trinajstić information content (AvgIpc) is 2.76. The zero-order valence-electron chi connectivity index (χ0n) is 16.9. The molecule has 0 aliphatic rings. The minimum absolute atomic E-state index is 0.00698. The molecule has 0 aliphatic carbocycles. The minimum atomic E-state index is -0.759. The summed E-state index contributed by atoms with van der Waals surface area (Å²) in [6, 6.07) is 3.98. The van der Waals surface area contributed by atoms with Gasteiger partial charge in [-0.3, -0.25) is 0 Å². The summed E-state index contributed by atoms with van der Waals surface area (Å²) in [7, 11) is 0. The summed E-state index contributed by atoms with van der Waals surface area (Å²) >= 11 is 0. The van der Waals surface area contributed by atoms with Gasteiger partial charge in [-0.1, -0.05) is 49.1 Å². The van der Waals surface area contributed by atoms with Crippen molar-refractivity contribution in [2.24, 2.45) is 0 Å². The van der Waals surface area contributed by atoms with Gasteiger partial charge in [0.2, 0.25) is 0 Å². The quantitative estimate of drug-likeness (QED) is 0.268. The Morgan fingerprint density at radius 2 is 1.20 bits per heavy atom. The first kappa shape index (κ1) is 24.4. The molecular formula is C24H26O6. The number of ether oxygens (including phenoxy) is 3. The molecule has 0 saturated carbocycles. The molecule has 0 unspecified atom stereocenters. The summed E-state index contributed by atoms with van der Waals surface area (Å²) in [5.41, 5.74) is 0.0149. The number of allylic oxidation sites excluding steroid dienone is 4. The van der Waals surface area contributed by atoms with Crippen molar-refractivity contribution in [1.29, 1.82) is 0 Å². The molecule has 0 saturated heterocycles. The lowest BCUT2D eigenvalue weighted by atomic mass is 10.0. The lowest BCUT2D eigenvalue weighted by Gasteiger charge is -2.10. The van der Waals surface area contributed by atoms with Gasteiger partial charge in [0.05, 0.1) is 16.7 Å². The zero-order valence-corrected chi connectivity index (χ0v) is 16.9. The smallest absolute Gasteiger partial charge is 0.339 e. The van der Waals surface area contributed by atoms with Crippen molar-refractivity contribution in [3.8, 4) is 0 Å². The Hall–Kier alpha value is -3.67. The van der Waals surface area contributed by atoms with E-state index in [1.54, 1.807) is 36.5 Å². The number of carbonyl (C=O) groups excluding carboxylic acids is 3. The molecule has 6 nitrogen and oxygen atoms in total. The van der Waals surface area contributed by atoms with Crippen LogP contribution in [0.15, 0.2) is 80.5 Å². The lowest BCUT2D eigenvalue weighted by Crippen LogP contribution is -2.16. The van der Waals surface area contributed by atoms with Crippen molar-refractivity contribution in [1.82, 2.24) is 0 Å². The van der Waals surface area contributed by atoms with Crippen LogP contribution < -0.4 is 0 Å². The van der Waals surface area contributed by atoms with Crippen LogP contribution in [-0.2, 0) is 14.2 Å². The Labute approximate surface area is 176 Å². The highest BCUT2D eigenvalue weighted by Crippen LogP contribution is 2.16. The Balaban J connectivity index is 3.03. The van der Waals surface area contributed by atoms with E-state index in [4.69, 9.17) is 14.2 Å². The third kappa shape index (κ3) is 8.56. The first-order valence-corrected chi connectivity index (χ1v) is 9.33. The third-order valence-corrected chi connectivity index (χ3v) is 3.59. The van der Waals surface area contributed by atoms with Gasteiger partial charge in [-0.05, 0) is 31.0 Å². The van der Waals surface area contributed by atoms with Crippen LogP contribution in [0.1, 0.15) is 43.9 Å². The van der Waals surface area contributed by atoms with Gasteiger partial charge < -0.3 is 14.2 Å². The van der Waals surface area contributed by atoms with E-state index >= 15 is 0 Å². The summed E-state index contributed by atoms with van der Waals surface area (Å²) in [5, 5.41) is 0. The molecule has 0 bridgehead atoms. The molecule has 158 valence electrons. The van der Waals surface area contributed by atoms with Gasteiger partial charge in [-0.25, -0.2) is 14.4 Å². The Morgan fingerprint density at radius 1 is 0.667 bits per heavy atom. The predicted molar refractivity (Wildman–Crippen MR) is 115 cm³/mol. The van der Waals surface area contributed by atoms with E-state index < -0.39 is 17.9 Å². The molecule has 30 heavy (non-hydrogen) atoms. The fourth-order valence-electron chi connectivity index (χ4n) is 2.16. The van der Waals surface area contributed by atoms with Gasteiger partial charge in [0.25, 0.3) is 0 Å². The fourth-order valence-corrected chi connectivity index (χ4v) is 2.16. The average molecular weight is 410 g/mol. The van der Waals surface area contributed by atoms with Crippen molar-refractivity contribution in [3.05, 3.63) is 97.2 Å². The number of hydrogen-bond donors (Lipinski definition) is 0. The fraction of sp³-hybridized carbons (Fsp3) is 0.208. The van der Waals surface area contributed by atoms with E-state index in [0.717, 1.165) is 0 Å². The highest BCUT2D eigenvalue weighted by atomic mass is 16.5. The zero-order chi connectivity index (χ0) is 22.2. The molecule has 1 aromatic carbocycles. The standard InChI is InChI=1S/C24H26O6/c1-4-7-9-11-16-29-23(26)20-14-13-19(22(25)28-15-6-3)18-21(20)24(27)30-17-12-10-8-5-2/h4-6,9-14,18H,1-3,7-8,15-17H2. The molecule has 1 rings (SSSR count). The Kier molecular flexibility index (Phi) is 11.7. The number of benzene rings is 1. The topological polar surface area (TPSA) is 78.9 Å². The largest absolute Gasteiger partial charge is 0.458 e. The maximum Gasteiger partial charge on any atom is 0.339 e. The normalized spacial score (nSPS) is 10.5. The van der Waals surface area contributed by atoms with Crippen molar-refractivity contribution >= 4 is 17.9 Å². The minimum Gasteiger partial charge on any atom is -0.458 e. The summed E-state index contributed by atoms with van der Waals surface area (Å²) in [4.78, 5) is 37.0. The Morgan fingerprint density at radius 3 is 1.73 bits per heavy atom. The number of rotatable bonds is 13. The molecule has 0 aromatic heterocycles. The SMILES string of the molecule is C=CCC=CCOC(=O)c1ccc(C(=O)OCC=C)cc1C(=O)OCC=CCC=C. The molecule has 0 heterocycles. The highest BCUT2D eigenvalue weighted by Gasteiger charge is 2.22. The van der Waals surface area contributed by atoms with Gasteiger partial charge in [-0.15, -0.1) is 13.2 Å². The van der Waals surface area contributed by atoms with E-state index in [9.17, 15) is 14.4 Å². The molecule has 0 radical (unpaired) electrons. The molecule has 0 amide bonds. The first-order chi connectivity index (χ1) is 14.5. The van der Waals surface area contributed by atoms with E-state index in [0.29, 0.717) is 12.8 Å². The van der Waals surface area contributed by atoms with Crippen LogP contribution in [0.4, 0.5) is 0 Å². The van der Waals surface area contributed by atoms with Crippen molar-refractivity contribution in [2.45, 2.75) is 12.8 Å². The van der Waals surface area contributed by atoms with Crippen molar-refractivity contribution in [3.63, 3.8) is 0 Å². The first-order valence-electron chi connectivity index (χ1n) is 9.33. The van der Waals surface area contributed by atoms with Crippen LogP contribution in [0, 0.1) is 0 Å². The third-order valence-electron chi connectivity index (χ3n) is 3.59. The van der Waals surface area contributed by atoms with Gasteiger partial charge in [-0.2, -0.15) is 0 Å². The van der Waals surface area contributed by atoms with E-state index in [2.05, 4.69) is 19.7 Å². The van der Waals surface area contributed by atoms with Gasteiger partial charge >= 0.3 is 17.9 Å². The number of hydrogen-bond acceptors (Lipinski definition) is 6. The second-order valence-electron chi connectivity index (χ2n) is 5.84. The maximum atomic E-state index is 12.5. The van der Waals surface area contributed by atoms with Crippen molar-refractivity contribution < 1.29 is 28.6 Å². The molecule has 0 aliphatic heterocycles. The molecule has 0 N–H and O–H groups in total. The lowest BCUT2D eigenvalue weighted by molar-refractivity contribution is 0.0500. The van der Waals surface area contributed by atoms with Crippen molar-refractivity contribution in [2.75, 3.05) is 19.8 Å². The van der Waals surface area contributed by atoms with Gasteiger partial charge in [0.15, 0.2) is 0 Å². The van der Waals surface area contributed by atoms with Crippen LogP contribution >= 0.6 is 0 Å². The van der Waals surface area contributed by atoms with Crippen LogP contribution in [0.25, 0.3) is 0 Å². The van der Waals surface area contributed by atoms with E-state index in [1.807, 2.05) is 0 Å². The number of carbonyl (C=O) groups is 3. The maximum absolute atomic E-state index is 12.5. The second kappa shape index (κ2) is 14.3. The van der Waals surface area contributed by atoms with Crippen LogP contribution in [-0.4, -0.2) is 37.7 Å². The summed E-state index contributed by atoms with van der Waals surface area (Å²) in [5.74, 6) is -2.12. The monoisotopic (exact) mass is 410 g/mol. The molecule has 0 fully saturated rings. The molecule has 1 aromatic rings. The van der Waals surface area contributed by atoms with Crippen LogP contribution in [0.3, 0.4) is 0 Å². The highest BCUT2D eigenvalue weighted by molar-refractivity contribution is 6.05. The van der Waals surface area contributed by atoms with E-state index in [1.165, 1.54) is 24.3 Å². The van der Waals surface area contributed by atoms with Crippen LogP contribution in [0.2, 0.25) is 0 Å². The predicted octanol–water partition coefficient (Wildman–Crippen LogP) is 4.61. The van der Waals surface area contributed by atoms with Crippen LogP contribution in [0.5, 0.6) is 0 Å². The summed E-state index contributed by atoms with van der Waals surface area (Å²) in [6.45, 7) is 10.7. The Bertz CT molecular complexity index is 832. The molecular weight excluding hydrogens is 384 g/mol.